The SMILES string of the molecule is CN(C)c1ccnc(N[C@H]2CC[C@@H](CNCc3cn(C)c4ccccc34)CC2)n1. The van der Waals surface area contributed by atoms with E-state index in [9.17, 15) is 0 Å². The maximum atomic E-state index is 4.58. The molecule has 2 heterocycles. The highest BCUT2D eigenvalue weighted by Gasteiger charge is 2.21. The molecule has 0 bridgehead atoms. The van der Waals surface area contributed by atoms with Gasteiger partial charge in [-0.2, -0.15) is 4.98 Å². The van der Waals surface area contributed by atoms with Crippen molar-refractivity contribution in [2.75, 3.05) is 30.9 Å². The second-order valence-electron chi connectivity index (χ2n) is 8.41. The lowest BCUT2D eigenvalue weighted by Gasteiger charge is -2.29. The molecule has 0 unspecified atom stereocenters. The third kappa shape index (κ3) is 4.70. The average molecular weight is 393 g/mol. The molecule has 1 aromatic carbocycles. The molecule has 1 aliphatic carbocycles. The van der Waals surface area contributed by atoms with Gasteiger partial charge < -0.3 is 20.1 Å². The van der Waals surface area contributed by atoms with Gasteiger partial charge in [-0.3, -0.25) is 0 Å². The first-order valence-corrected chi connectivity index (χ1v) is 10.6. The zero-order valence-corrected chi connectivity index (χ0v) is 17.7. The summed E-state index contributed by atoms with van der Waals surface area (Å²) in [6, 6.07) is 11.0. The van der Waals surface area contributed by atoms with Crippen LogP contribution in [0.5, 0.6) is 0 Å². The summed E-state index contributed by atoms with van der Waals surface area (Å²) in [7, 11) is 6.13. The highest BCUT2D eigenvalue weighted by molar-refractivity contribution is 5.83. The van der Waals surface area contributed by atoms with E-state index >= 15 is 0 Å². The highest BCUT2D eigenvalue weighted by Crippen LogP contribution is 2.26. The molecule has 2 aromatic heterocycles. The third-order valence-electron chi connectivity index (χ3n) is 6.01. The highest BCUT2D eigenvalue weighted by atomic mass is 15.2. The molecular formula is C23H32N6. The summed E-state index contributed by atoms with van der Waals surface area (Å²) in [5.41, 5.74) is 2.69. The molecule has 6 heteroatoms. The van der Waals surface area contributed by atoms with Crippen molar-refractivity contribution >= 4 is 22.7 Å². The fraction of sp³-hybridized carbons (Fsp3) is 0.478. The van der Waals surface area contributed by atoms with Crippen LogP contribution >= 0.6 is 0 Å². The first kappa shape index (κ1) is 19.7. The van der Waals surface area contributed by atoms with Gasteiger partial charge in [0.2, 0.25) is 5.95 Å². The maximum absolute atomic E-state index is 4.58. The summed E-state index contributed by atoms with van der Waals surface area (Å²) in [6.45, 7) is 2.02. The van der Waals surface area contributed by atoms with Crippen LogP contribution < -0.4 is 15.5 Å². The molecule has 0 saturated heterocycles. The summed E-state index contributed by atoms with van der Waals surface area (Å²) in [5, 5.41) is 8.58. The van der Waals surface area contributed by atoms with Gasteiger partial charge in [0.25, 0.3) is 0 Å². The predicted octanol–water partition coefficient (Wildman–Crippen LogP) is 3.79. The van der Waals surface area contributed by atoms with Crippen molar-refractivity contribution in [3.05, 3.63) is 48.3 Å². The van der Waals surface area contributed by atoms with Crippen molar-refractivity contribution in [1.29, 1.82) is 0 Å². The van der Waals surface area contributed by atoms with Crippen LogP contribution in [-0.4, -0.2) is 41.2 Å². The molecule has 0 aliphatic heterocycles. The molecule has 0 atom stereocenters. The first-order valence-electron chi connectivity index (χ1n) is 10.6. The molecule has 0 amide bonds. The van der Waals surface area contributed by atoms with E-state index in [1.807, 2.05) is 31.3 Å². The molecule has 0 spiro atoms. The van der Waals surface area contributed by atoms with Crippen LogP contribution in [0.25, 0.3) is 10.9 Å². The van der Waals surface area contributed by atoms with E-state index in [0.29, 0.717) is 6.04 Å². The molecule has 2 N–H and O–H groups in total. The zero-order valence-electron chi connectivity index (χ0n) is 17.7. The van der Waals surface area contributed by atoms with E-state index in [2.05, 4.69) is 62.7 Å². The summed E-state index contributed by atoms with van der Waals surface area (Å²) in [4.78, 5) is 11.0. The maximum Gasteiger partial charge on any atom is 0.224 e. The second kappa shape index (κ2) is 8.82. The standard InChI is InChI=1S/C23H32N6/c1-28(2)22-12-13-25-23(27-22)26-19-10-8-17(9-11-19)14-24-15-18-16-29(3)21-7-5-4-6-20(18)21/h4-7,12-13,16-17,19,24H,8-11,14-15H2,1-3H3,(H,25,26,27)/t17-,19+. The molecule has 29 heavy (non-hydrogen) atoms. The van der Waals surface area contributed by atoms with Crippen LogP contribution in [-0.2, 0) is 13.6 Å². The van der Waals surface area contributed by atoms with Gasteiger partial charge in [-0.15, -0.1) is 0 Å². The Bertz CT molecular complexity index is 939. The van der Waals surface area contributed by atoms with Gasteiger partial charge in [0, 0.05) is 57.0 Å². The molecule has 154 valence electrons. The quantitative estimate of drug-likeness (QED) is 0.641. The van der Waals surface area contributed by atoms with E-state index in [0.717, 1.165) is 30.8 Å². The van der Waals surface area contributed by atoms with Crippen LogP contribution in [0.2, 0.25) is 0 Å². The van der Waals surface area contributed by atoms with Crippen molar-refractivity contribution in [2.24, 2.45) is 13.0 Å². The van der Waals surface area contributed by atoms with Gasteiger partial charge in [-0.05, 0) is 55.8 Å². The fourth-order valence-electron chi connectivity index (χ4n) is 4.34. The molecule has 1 fully saturated rings. The number of hydrogen-bond donors (Lipinski definition) is 2. The van der Waals surface area contributed by atoms with E-state index in [4.69, 9.17) is 0 Å². The van der Waals surface area contributed by atoms with E-state index < -0.39 is 0 Å². The molecule has 0 radical (unpaired) electrons. The van der Waals surface area contributed by atoms with Crippen molar-refractivity contribution in [2.45, 2.75) is 38.3 Å². The number of para-hydroxylation sites is 1. The van der Waals surface area contributed by atoms with Crippen LogP contribution in [0.15, 0.2) is 42.7 Å². The first-order chi connectivity index (χ1) is 14.1. The Kier molecular flexibility index (Phi) is 6.00. The number of fused-ring (bicyclic) bond motifs is 1. The largest absolute Gasteiger partial charge is 0.363 e. The summed E-state index contributed by atoms with van der Waals surface area (Å²) in [6.07, 6.45) is 8.92. The predicted molar refractivity (Wildman–Crippen MR) is 120 cm³/mol. The van der Waals surface area contributed by atoms with Crippen LogP contribution in [0.1, 0.15) is 31.2 Å². The Morgan fingerprint density at radius 2 is 1.90 bits per heavy atom. The Morgan fingerprint density at radius 3 is 2.69 bits per heavy atom. The lowest BCUT2D eigenvalue weighted by atomic mass is 9.86. The number of anilines is 2. The lowest BCUT2D eigenvalue weighted by molar-refractivity contribution is 0.324. The van der Waals surface area contributed by atoms with Gasteiger partial charge in [-0.25, -0.2) is 4.98 Å². The van der Waals surface area contributed by atoms with Crippen molar-refractivity contribution in [1.82, 2.24) is 19.9 Å². The Morgan fingerprint density at radius 1 is 1.10 bits per heavy atom. The molecule has 1 saturated carbocycles. The zero-order chi connectivity index (χ0) is 20.2. The minimum Gasteiger partial charge on any atom is -0.363 e. The second-order valence-corrected chi connectivity index (χ2v) is 8.41. The number of nitrogens with zero attached hydrogens (tertiary/aromatic N) is 4. The van der Waals surface area contributed by atoms with Crippen molar-refractivity contribution < 1.29 is 0 Å². The fourth-order valence-corrected chi connectivity index (χ4v) is 4.34. The minimum atomic E-state index is 0.474. The Balaban J connectivity index is 1.23. The average Bonchev–Trinajstić information content (AvgIpc) is 3.05. The molecular weight excluding hydrogens is 360 g/mol. The number of nitrogens with one attached hydrogen (secondary N) is 2. The van der Waals surface area contributed by atoms with Crippen molar-refractivity contribution in [3.63, 3.8) is 0 Å². The van der Waals surface area contributed by atoms with Crippen LogP contribution in [0.3, 0.4) is 0 Å². The summed E-state index contributed by atoms with van der Waals surface area (Å²) < 4.78 is 2.22. The smallest absolute Gasteiger partial charge is 0.224 e. The number of hydrogen-bond acceptors (Lipinski definition) is 5. The lowest BCUT2D eigenvalue weighted by Crippen LogP contribution is -2.31. The van der Waals surface area contributed by atoms with Crippen LogP contribution in [0.4, 0.5) is 11.8 Å². The van der Waals surface area contributed by atoms with E-state index in [1.54, 1.807) is 0 Å². The van der Waals surface area contributed by atoms with Crippen molar-refractivity contribution in [3.8, 4) is 0 Å². The topological polar surface area (TPSA) is 58.0 Å². The monoisotopic (exact) mass is 392 g/mol. The molecule has 4 rings (SSSR count). The number of aromatic nitrogens is 3. The molecule has 3 aromatic rings. The van der Waals surface area contributed by atoms with Gasteiger partial charge in [-0.1, -0.05) is 18.2 Å². The van der Waals surface area contributed by atoms with E-state index in [1.165, 1.54) is 42.1 Å². The van der Waals surface area contributed by atoms with Gasteiger partial charge in [0.15, 0.2) is 0 Å². The summed E-state index contributed by atoms with van der Waals surface area (Å²) in [5.74, 6) is 2.43. The number of aryl methyl sites for hydroxylation is 1. The minimum absolute atomic E-state index is 0.474. The van der Waals surface area contributed by atoms with E-state index in [-0.39, 0.29) is 0 Å². The number of benzene rings is 1. The normalized spacial score (nSPS) is 19.4. The summed E-state index contributed by atoms with van der Waals surface area (Å²) >= 11 is 0. The Hall–Kier alpha value is -2.60. The third-order valence-corrected chi connectivity index (χ3v) is 6.01. The van der Waals surface area contributed by atoms with Gasteiger partial charge >= 0.3 is 0 Å². The van der Waals surface area contributed by atoms with Crippen LogP contribution in [0, 0.1) is 5.92 Å². The molecule has 6 nitrogen and oxygen atoms in total. The number of rotatable bonds is 7. The van der Waals surface area contributed by atoms with Gasteiger partial charge in [0.05, 0.1) is 0 Å². The van der Waals surface area contributed by atoms with Gasteiger partial charge in [0.1, 0.15) is 5.82 Å². The molecule has 1 aliphatic rings. The Labute approximate surface area is 173 Å².